The van der Waals surface area contributed by atoms with Crippen LogP contribution in [0.3, 0.4) is 0 Å². The highest BCUT2D eigenvalue weighted by molar-refractivity contribution is 6.05. The molecule has 0 radical (unpaired) electrons. The van der Waals surface area contributed by atoms with Gasteiger partial charge in [-0.15, -0.1) is 0 Å². The molecule has 0 aromatic heterocycles. The third-order valence-corrected chi connectivity index (χ3v) is 3.61. The van der Waals surface area contributed by atoms with Crippen LogP contribution in [0, 0.1) is 6.92 Å². The van der Waals surface area contributed by atoms with E-state index in [9.17, 15) is 9.59 Å². The van der Waals surface area contributed by atoms with Crippen LogP contribution in [0.2, 0.25) is 0 Å². The van der Waals surface area contributed by atoms with Crippen molar-refractivity contribution >= 4 is 17.5 Å². The molecule has 0 aliphatic carbocycles. The molecule has 0 unspecified atom stereocenters. The van der Waals surface area contributed by atoms with Crippen molar-refractivity contribution in [2.45, 2.75) is 6.92 Å². The molecule has 0 aliphatic rings. The van der Waals surface area contributed by atoms with Gasteiger partial charge in [-0.1, -0.05) is 0 Å². The van der Waals surface area contributed by atoms with Gasteiger partial charge >= 0.3 is 0 Å². The standard InChI is InChI=1S/C18H20N2O4/c1-11-9-12(17(21)19-2)5-7-14(11)20-18(22)13-6-8-15(23-3)16(10-13)24-4/h5-10H,1-4H3,(H,19,21)(H,20,22). The molecule has 24 heavy (non-hydrogen) atoms. The van der Waals surface area contributed by atoms with E-state index in [1.54, 1.807) is 43.4 Å². The highest BCUT2D eigenvalue weighted by atomic mass is 16.5. The maximum atomic E-state index is 12.4. The van der Waals surface area contributed by atoms with Crippen LogP contribution >= 0.6 is 0 Å². The number of amides is 2. The van der Waals surface area contributed by atoms with Gasteiger partial charge in [0.25, 0.3) is 11.8 Å². The van der Waals surface area contributed by atoms with Gasteiger partial charge < -0.3 is 20.1 Å². The number of carbonyl (C=O) groups excluding carboxylic acids is 2. The molecule has 0 atom stereocenters. The van der Waals surface area contributed by atoms with Gasteiger partial charge in [0.05, 0.1) is 14.2 Å². The number of hydrogen-bond acceptors (Lipinski definition) is 4. The lowest BCUT2D eigenvalue weighted by Gasteiger charge is -2.12. The van der Waals surface area contributed by atoms with Crippen LogP contribution in [0.4, 0.5) is 5.69 Å². The highest BCUT2D eigenvalue weighted by Crippen LogP contribution is 2.28. The molecular weight excluding hydrogens is 308 g/mol. The van der Waals surface area contributed by atoms with Crippen molar-refractivity contribution < 1.29 is 19.1 Å². The summed E-state index contributed by atoms with van der Waals surface area (Å²) < 4.78 is 10.4. The van der Waals surface area contributed by atoms with Crippen LogP contribution in [0.25, 0.3) is 0 Å². The summed E-state index contributed by atoms with van der Waals surface area (Å²) in [5.41, 5.74) is 2.42. The summed E-state index contributed by atoms with van der Waals surface area (Å²) >= 11 is 0. The predicted octanol–water partition coefficient (Wildman–Crippen LogP) is 2.62. The van der Waals surface area contributed by atoms with Crippen molar-refractivity contribution in [1.29, 1.82) is 0 Å². The smallest absolute Gasteiger partial charge is 0.255 e. The van der Waals surface area contributed by atoms with E-state index in [-0.39, 0.29) is 11.8 Å². The minimum absolute atomic E-state index is 0.170. The van der Waals surface area contributed by atoms with E-state index in [0.29, 0.717) is 28.3 Å². The van der Waals surface area contributed by atoms with Crippen molar-refractivity contribution in [3.63, 3.8) is 0 Å². The molecular formula is C18H20N2O4. The van der Waals surface area contributed by atoms with Crippen LogP contribution in [0.1, 0.15) is 26.3 Å². The Morgan fingerprint density at radius 3 is 2.08 bits per heavy atom. The lowest BCUT2D eigenvalue weighted by atomic mass is 10.1. The highest BCUT2D eigenvalue weighted by Gasteiger charge is 2.13. The van der Waals surface area contributed by atoms with Crippen molar-refractivity contribution in [2.24, 2.45) is 0 Å². The van der Waals surface area contributed by atoms with E-state index in [1.165, 1.54) is 14.2 Å². The monoisotopic (exact) mass is 328 g/mol. The summed E-state index contributed by atoms with van der Waals surface area (Å²) in [6.07, 6.45) is 0. The average molecular weight is 328 g/mol. The molecule has 0 spiro atoms. The van der Waals surface area contributed by atoms with Crippen LogP contribution < -0.4 is 20.1 Å². The van der Waals surface area contributed by atoms with Crippen LogP contribution in [-0.4, -0.2) is 33.1 Å². The molecule has 6 heteroatoms. The second-order valence-electron chi connectivity index (χ2n) is 5.13. The number of methoxy groups -OCH3 is 2. The molecule has 6 nitrogen and oxygen atoms in total. The topological polar surface area (TPSA) is 76.7 Å². The quantitative estimate of drug-likeness (QED) is 0.884. The van der Waals surface area contributed by atoms with Gasteiger partial charge in [-0.3, -0.25) is 9.59 Å². The second-order valence-corrected chi connectivity index (χ2v) is 5.13. The summed E-state index contributed by atoms with van der Waals surface area (Å²) in [6.45, 7) is 1.83. The zero-order valence-electron chi connectivity index (χ0n) is 14.1. The largest absolute Gasteiger partial charge is 0.493 e. The zero-order valence-corrected chi connectivity index (χ0v) is 14.1. The number of benzene rings is 2. The van der Waals surface area contributed by atoms with Crippen molar-refractivity contribution in [1.82, 2.24) is 5.32 Å². The fraction of sp³-hybridized carbons (Fsp3) is 0.222. The summed E-state index contributed by atoms with van der Waals surface area (Å²) in [5, 5.41) is 5.40. The molecule has 0 bridgehead atoms. The molecule has 2 amide bonds. The third-order valence-electron chi connectivity index (χ3n) is 3.61. The van der Waals surface area contributed by atoms with Crippen molar-refractivity contribution in [3.8, 4) is 11.5 Å². The minimum Gasteiger partial charge on any atom is -0.493 e. The first-order chi connectivity index (χ1) is 11.5. The van der Waals surface area contributed by atoms with Crippen LogP contribution in [-0.2, 0) is 0 Å². The number of hydrogen-bond donors (Lipinski definition) is 2. The first-order valence-electron chi connectivity index (χ1n) is 7.36. The van der Waals surface area contributed by atoms with E-state index in [4.69, 9.17) is 9.47 Å². The van der Waals surface area contributed by atoms with Gasteiger partial charge in [0.15, 0.2) is 11.5 Å². The molecule has 2 aromatic carbocycles. The molecule has 0 aliphatic heterocycles. The van der Waals surface area contributed by atoms with E-state index in [0.717, 1.165) is 5.56 Å². The SMILES string of the molecule is CNC(=O)c1ccc(NC(=O)c2ccc(OC)c(OC)c2)c(C)c1. The first kappa shape index (κ1) is 17.3. The summed E-state index contributed by atoms with van der Waals surface area (Å²) in [6, 6.07) is 10.0. The molecule has 0 fully saturated rings. The Labute approximate surface area is 140 Å². The number of aryl methyl sites for hydroxylation is 1. The summed E-state index contributed by atoms with van der Waals surface area (Å²) in [4.78, 5) is 24.0. The lowest BCUT2D eigenvalue weighted by molar-refractivity contribution is 0.0962. The van der Waals surface area contributed by atoms with Gasteiger partial charge in [-0.2, -0.15) is 0 Å². The zero-order chi connectivity index (χ0) is 17.7. The van der Waals surface area contributed by atoms with E-state index in [2.05, 4.69) is 10.6 Å². The van der Waals surface area contributed by atoms with Gasteiger partial charge in [-0.25, -0.2) is 0 Å². The molecule has 2 N–H and O–H groups in total. The number of nitrogens with one attached hydrogen (secondary N) is 2. The number of anilines is 1. The molecule has 2 aromatic rings. The third kappa shape index (κ3) is 3.65. The maximum Gasteiger partial charge on any atom is 0.255 e. The van der Waals surface area contributed by atoms with Crippen molar-refractivity contribution in [2.75, 3.05) is 26.6 Å². The Morgan fingerprint density at radius 1 is 0.875 bits per heavy atom. The Bertz CT molecular complexity index is 772. The summed E-state index contributed by atoms with van der Waals surface area (Å²) in [7, 11) is 4.63. The van der Waals surface area contributed by atoms with Crippen LogP contribution in [0.5, 0.6) is 11.5 Å². The molecule has 0 saturated heterocycles. The molecule has 2 rings (SSSR count). The Kier molecular flexibility index (Phi) is 5.42. The number of ether oxygens (including phenoxy) is 2. The Balaban J connectivity index is 2.22. The fourth-order valence-electron chi connectivity index (χ4n) is 2.26. The number of rotatable bonds is 5. The van der Waals surface area contributed by atoms with Gasteiger partial charge in [0.1, 0.15) is 0 Å². The Hall–Kier alpha value is -3.02. The minimum atomic E-state index is -0.272. The van der Waals surface area contributed by atoms with Crippen LogP contribution in [0.15, 0.2) is 36.4 Å². The van der Waals surface area contributed by atoms with E-state index in [1.807, 2.05) is 6.92 Å². The summed E-state index contributed by atoms with van der Waals surface area (Å²) in [5.74, 6) is 0.597. The average Bonchev–Trinajstić information content (AvgIpc) is 2.61. The second kappa shape index (κ2) is 7.50. The van der Waals surface area contributed by atoms with Crippen molar-refractivity contribution in [3.05, 3.63) is 53.1 Å². The molecule has 0 saturated carbocycles. The fourth-order valence-corrected chi connectivity index (χ4v) is 2.26. The van der Waals surface area contributed by atoms with Gasteiger partial charge in [0.2, 0.25) is 0 Å². The molecule has 0 heterocycles. The normalized spacial score (nSPS) is 10.0. The maximum absolute atomic E-state index is 12.4. The molecule has 126 valence electrons. The van der Waals surface area contributed by atoms with E-state index < -0.39 is 0 Å². The first-order valence-corrected chi connectivity index (χ1v) is 7.36. The van der Waals surface area contributed by atoms with Gasteiger partial charge in [0, 0.05) is 23.9 Å². The predicted molar refractivity (Wildman–Crippen MR) is 92.1 cm³/mol. The lowest BCUT2D eigenvalue weighted by Crippen LogP contribution is -2.18. The van der Waals surface area contributed by atoms with E-state index >= 15 is 0 Å². The van der Waals surface area contributed by atoms with Gasteiger partial charge in [-0.05, 0) is 48.9 Å². The Morgan fingerprint density at radius 2 is 1.50 bits per heavy atom. The number of carbonyl (C=O) groups is 2.